The molecule has 0 aliphatic carbocycles. The van der Waals surface area contributed by atoms with Gasteiger partial charge in [-0.25, -0.2) is 9.78 Å². The summed E-state index contributed by atoms with van der Waals surface area (Å²) in [7, 11) is 0. The number of aromatic nitrogens is 2. The van der Waals surface area contributed by atoms with Crippen LogP contribution in [0.4, 0.5) is 0 Å². The van der Waals surface area contributed by atoms with E-state index in [2.05, 4.69) is 25.9 Å². The van der Waals surface area contributed by atoms with E-state index in [1.165, 1.54) is 12.5 Å². The van der Waals surface area contributed by atoms with E-state index in [4.69, 9.17) is 16.6 Å². The number of aromatic amines is 1. The molecule has 4 amide bonds. The van der Waals surface area contributed by atoms with E-state index in [1.807, 2.05) is 0 Å². The van der Waals surface area contributed by atoms with Crippen LogP contribution in [0.25, 0.3) is 0 Å². The van der Waals surface area contributed by atoms with Gasteiger partial charge in [0.1, 0.15) is 18.1 Å². The first-order chi connectivity index (χ1) is 17.3. The van der Waals surface area contributed by atoms with Gasteiger partial charge in [-0.15, -0.1) is 0 Å². The first-order valence-electron chi connectivity index (χ1n) is 11.7. The molecule has 0 radical (unpaired) electrons. The summed E-state index contributed by atoms with van der Waals surface area (Å²) in [6.45, 7) is 3.53. The van der Waals surface area contributed by atoms with Gasteiger partial charge in [0.2, 0.25) is 23.6 Å². The third-order valence-electron chi connectivity index (χ3n) is 5.25. The Bertz CT molecular complexity index is 951. The molecular weight excluding hydrogens is 490 g/mol. The number of rotatable bonds is 17. The van der Waals surface area contributed by atoms with Crippen molar-refractivity contribution < 1.29 is 39.0 Å². The summed E-state index contributed by atoms with van der Waals surface area (Å²) >= 11 is 0. The Morgan fingerprint density at radius 3 is 2.03 bits per heavy atom. The Morgan fingerprint density at radius 1 is 0.919 bits per heavy atom. The number of amides is 4. The van der Waals surface area contributed by atoms with Crippen LogP contribution in [0, 0.1) is 5.92 Å². The molecule has 4 unspecified atom stereocenters. The highest BCUT2D eigenvalue weighted by Gasteiger charge is 2.31. The molecule has 0 saturated carbocycles. The van der Waals surface area contributed by atoms with Crippen molar-refractivity contribution in [2.45, 2.75) is 76.5 Å². The second-order valence-electron chi connectivity index (χ2n) is 8.98. The first-order valence-corrected chi connectivity index (χ1v) is 11.7. The van der Waals surface area contributed by atoms with Crippen LogP contribution in [-0.4, -0.2) is 79.9 Å². The molecule has 1 heterocycles. The van der Waals surface area contributed by atoms with Crippen molar-refractivity contribution in [3.63, 3.8) is 0 Å². The number of aliphatic carboxylic acids is 2. The average molecular weight is 526 g/mol. The number of carboxylic acids is 2. The molecule has 4 atom stereocenters. The van der Waals surface area contributed by atoms with Gasteiger partial charge >= 0.3 is 11.9 Å². The average Bonchev–Trinajstić information content (AvgIpc) is 3.31. The second-order valence-corrected chi connectivity index (χ2v) is 8.98. The Morgan fingerprint density at radius 2 is 1.51 bits per heavy atom. The summed E-state index contributed by atoms with van der Waals surface area (Å²) < 4.78 is 0. The summed E-state index contributed by atoms with van der Waals surface area (Å²) in [5.74, 6) is -5.71. The van der Waals surface area contributed by atoms with Crippen LogP contribution in [0.2, 0.25) is 0 Å². The molecule has 15 nitrogen and oxygen atoms in total. The maximum atomic E-state index is 13.1. The van der Waals surface area contributed by atoms with Gasteiger partial charge in [0.05, 0.1) is 12.4 Å². The van der Waals surface area contributed by atoms with Crippen LogP contribution in [0.3, 0.4) is 0 Å². The highest BCUT2D eigenvalue weighted by Crippen LogP contribution is 2.08. The number of carbonyl (C=O) groups is 6. The molecule has 0 bridgehead atoms. The van der Waals surface area contributed by atoms with E-state index >= 15 is 0 Å². The van der Waals surface area contributed by atoms with Crippen molar-refractivity contribution in [3.05, 3.63) is 18.2 Å². The highest BCUT2D eigenvalue weighted by molar-refractivity contribution is 5.94. The third kappa shape index (κ3) is 12.0. The minimum atomic E-state index is -1.40. The zero-order chi connectivity index (χ0) is 28.1. The van der Waals surface area contributed by atoms with Gasteiger partial charge < -0.3 is 42.6 Å². The maximum absolute atomic E-state index is 13.1. The van der Waals surface area contributed by atoms with E-state index in [-0.39, 0.29) is 38.0 Å². The van der Waals surface area contributed by atoms with E-state index in [9.17, 15) is 33.9 Å². The molecule has 0 aliphatic rings. The largest absolute Gasteiger partial charge is 0.481 e. The van der Waals surface area contributed by atoms with Crippen molar-refractivity contribution in [2.24, 2.45) is 17.4 Å². The van der Waals surface area contributed by atoms with Crippen molar-refractivity contribution in [3.8, 4) is 0 Å². The van der Waals surface area contributed by atoms with Crippen molar-refractivity contribution in [1.29, 1.82) is 0 Å². The Balaban J connectivity index is 3.07. The third-order valence-corrected chi connectivity index (χ3v) is 5.25. The van der Waals surface area contributed by atoms with Crippen molar-refractivity contribution in [2.75, 3.05) is 0 Å². The molecule has 10 N–H and O–H groups in total. The van der Waals surface area contributed by atoms with Gasteiger partial charge in [-0.2, -0.15) is 0 Å². The molecule has 206 valence electrons. The van der Waals surface area contributed by atoms with E-state index in [1.54, 1.807) is 13.8 Å². The summed E-state index contributed by atoms with van der Waals surface area (Å²) in [5.41, 5.74) is 11.3. The summed E-state index contributed by atoms with van der Waals surface area (Å²) in [5, 5.41) is 25.7. The number of hydrogen-bond donors (Lipinski definition) is 8. The fraction of sp³-hybridized carbons (Fsp3) is 0.591. The Kier molecular flexibility index (Phi) is 12.7. The fourth-order valence-corrected chi connectivity index (χ4v) is 3.31. The normalized spacial score (nSPS) is 14.2. The topological polar surface area (TPSA) is 260 Å². The smallest absolute Gasteiger partial charge is 0.326 e. The first kappa shape index (κ1) is 31.0. The molecule has 0 fully saturated rings. The summed E-state index contributed by atoms with van der Waals surface area (Å²) in [4.78, 5) is 78.8. The Hall–Kier alpha value is -4.01. The molecule has 37 heavy (non-hydrogen) atoms. The number of nitrogens with one attached hydrogen (secondary N) is 4. The van der Waals surface area contributed by atoms with E-state index in [0.717, 1.165) is 0 Å². The fourth-order valence-electron chi connectivity index (χ4n) is 3.31. The summed E-state index contributed by atoms with van der Waals surface area (Å²) in [6.07, 6.45) is 1.77. The number of imidazole rings is 1. The number of hydrogen-bond acceptors (Lipinski definition) is 8. The number of carbonyl (C=O) groups excluding carboxylic acids is 4. The lowest BCUT2D eigenvalue weighted by molar-refractivity contribution is -0.143. The van der Waals surface area contributed by atoms with Gasteiger partial charge in [0, 0.05) is 31.2 Å². The molecule has 1 aromatic heterocycles. The lowest BCUT2D eigenvalue weighted by atomic mass is 10.0. The van der Waals surface area contributed by atoms with Crippen molar-refractivity contribution in [1.82, 2.24) is 25.9 Å². The van der Waals surface area contributed by atoms with Gasteiger partial charge in [-0.3, -0.25) is 24.0 Å². The van der Waals surface area contributed by atoms with Crippen LogP contribution in [0.1, 0.15) is 51.6 Å². The molecule has 15 heteroatoms. The monoisotopic (exact) mass is 525 g/mol. The van der Waals surface area contributed by atoms with Crippen LogP contribution in [-0.2, 0) is 35.2 Å². The van der Waals surface area contributed by atoms with Crippen LogP contribution in [0.5, 0.6) is 0 Å². The number of carboxylic acid groups (broad SMARTS) is 2. The standard InChI is InChI=1S/C22H35N7O8/c1-11(2)7-16(22(36)37)29-20(34)14(4-6-18(31)32)27-21(35)15(8-12-9-25-10-26-12)28-19(33)13(23)3-5-17(24)30/h9-11,13-16H,3-8,23H2,1-2H3,(H2,24,30)(H,25,26)(H,27,35)(H,28,33)(H,29,34)(H,31,32)(H,36,37). The minimum Gasteiger partial charge on any atom is -0.481 e. The van der Waals surface area contributed by atoms with Gasteiger partial charge in [0.25, 0.3) is 0 Å². The van der Waals surface area contributed by atoms with Crippen LogP contribution < -0.4 is 27.4 Å². The van der Waals surface area contributed by atoms with Gasteiger partial charge in [-0.1, -0.05) is 13.8 Å². The molecule has 0 saturated heterocycles. The molecule has 1 rings (SSSR count). The van der Waals surface area contributed by atoms with Crippen LogP contribution in [0.15, 0.2) is 12.5 Å². The molecule has 0 aromatic carbocycles. The number of H-pyrrole nitrogens is 1. The van der Waals surface area contributed by atoms with Gasteiger partial charge in [0.15, 0.2) is 0 Å². The molecule has 0 aliphatic heterocycles. The Labute approximate surface area is 213 Å². The van der Waals surface area contributed by atoms with E-state index < -0.39 is 66.2 Å². The zero-order valence-corrected chi connectivity index (χ0v) is 20.7. The lowest BCUT2D eigenvalue weighted by Crippen LogP contribution is -2.57. The molecule has 1 aromatic rings. The van der Waals surface area contributed by atoms with Crippen LogP contribution >= 0.6 is 0 Å². The van der Waals surface area contributed by atoms with Crippen molar-refractivity contribution >= 4 is 35.6 Å². The second kappa shape index (κ2) is 15.2. The predicted molar refractivity (Wildman–Crippen MR) is 128 cm³/mol. The van der Waals surface area contributed by atoms with Gasteiger partial charge in [-0.05, 0) is 25.2 Å². The SMILES string of the molecule is CC(C)CC(NC(=O)C(CCC(=O)O)NC(=O)C(Cc1cnc[nH]1)NC(=O)C(N)CCC(N)=O)C(=O)O. The number of nitrogens with zero attached hydrogens (tertiary/aromatic N) is 1. The molecule has 0 spiro atoms. The lowest BCUT2D eigenvalue weighted by Gasteiger charge is -2.25. The zero-order valence-electron chi connectivity index (χ0n) is 20.7. The van der Waals surface area contributed by atoms with E-state index in [0.29, 0.717) is 5.69 Å². The highest BCUT2D eigenvalue weighted by atomic mass is 16.4. The molecular formula is C22H35N7O8. The maximum Gasteiger partial charge on any atom is 0.326 e. The summed E-state index contributed by atoms with van der Waals surface area (Å²) in [6, 6.07) is -5.07. The quantitative estimate of drug-likeness (QED) is 0.111. The number of primary amides is 1. The minimum absolute atomic E-state index is 0.0599. The number of nitrogens with two attached hydrogens (primary N) is 2. The predicted octanol–water partition coefficient (Wildman–Crippen LogP) is -2.01.